The molecule has 4 atom stereocenters. The summed E-state index contributed by atoms with van der Waals surface area (Å²) < 4.78 is 0. The first-order chi connectivity index (χ1) is 10.2. The number of carboxylic acid groups (broad SMARTS) is 1. The van der Waals surface area contributed by atoms with E-state index in [1.54, 1.807) is 0 Å². The van der Waals surface area contributed by atoms with E-state index in [1.165, 1.54) is 0 Å². The monoisotopic (exact) mass is 314 g/mol. The first-order valence-corrected chi connectivity index (χ1v) is 8.45. The maximum Gasteiger partial charge on any atom is 0.303 e. The summed E-state index contributed by atoms with van der Waals surface area (Å²) in [5, 5.41) is 11.9. The van der Waals surface area contributed by atoms with Crippen LogP contribution in [-0.4, -0.2) is 29.6 Å². The smallest absolute Gasteiger partial charge is 0.303 e. The summed E-state index contributed by atoms with van der Waals surface area (Å²) in [6, 6.07) is -0.543. The molecule has 0 aliphatic heterocycles. The molecule has 4 N–H and O–H groups in total. The molecule has 0 spiro atoms. The number of amides is 1. The second-order valence-electron chi connectivity index (χ2n) is 6.85. The molecule has 0 fully saturated rings. The molecule has 22 heavy (non-hydrogen) atoms. The van der Waals surface area contributed by atoms with Crippen LogP contribution in [0.3, 0.4) is 0 Å². The van der Waals surface area contributed by atoms with Crippen LogP contribution >= 0.6 is 0 Å². The van der Waals surface area contributed by atoms with Crippen molar-refractivity contribution in [3.8, 4) is 0 Å². The molecule has 0 aromatic heterocycles. The Morgan fingerprint density at radius 1 is 1.18 bits per heavy atom. The molecule has 0 saturated carbocycles. The van der Waals surface area contributed by atoms with Gasteiger partial charge in [0.1, 0.15) is 0 Å². The molecule has 0 bridgehead atoms. The van der Waals surface area contributed by atoms with Crippen LogP contribution in [0.1, 0.15) is 60.3 Å². The van der Waals surface area contributed by atoms with E-state index in [0.717, 1.165) is 19.3 Å². The minimum atomic E-state index is -0.818. The van der Waals surface area contributed by atoms with E-state index in [4.69, 9.17) is 10.8 Å². The maximum atomic E-state index is 12.0. The van der Waals surface area contributed by atoms with Gasteiger partial charge in [-0.1, -0.05) is 53.9 Å². The van der Waals surface area contributed by atoms with Crippen molar-refractivity contribution in [3.05, 3.63) is 0 Å². The molecule has 0 saturated heterocycles. The number of hydrogen-bond acceptors (Lipinski definition) is 3. The Labute approximate surface area is 135 Å². The first-order valence-electron chi connectivity index (χ1n) is 8.45. The Balaban J connectivity index is 4.63. The van der Waals surface area contributed by atoms with E-state index in [2.05, 4.69) is 26.1 Å². The molecule has 0 rings (SSSR count). The number of aliphatic carboxylic acids is 1. The van der Waals surface area contributed by atoms with Gasteiger partial charge < -0.3 is 16.2 Å². The van der Waals surface area contributed by atoms with Crippen molar-refractivity contribution in [2.24, 2.45) is 29.4 Å². The molecule has 0 aliphatic carbocycles. The zero-order valence-corrected chi connectivity index (χ0v) is 14.8. The molecule has 4 unspecified atom stereocenters. The summed E-state index contributed by atoms with van der Waals surface area (Å²) in [6.45, 7) is 10.6. The van der Waals surface area contributed by atoms with Crippen LogP contribution in [0.2, 0.25) is 0 Å². The highest BCUT2D eigenvalue weighted by atomic mass is 16.4. The fraction of sp³-hybridized carbons (Fsp3) is 0.882. The van der Waals surface area contributed by atoms with Crippen molar-refractivity contribution < 1.29 is 14.7 Å². The van der Waals surface area contributed by atoms with Crippen molar-refractivity contribution in [1.29, 1.82) is 0 Å². The second-order valence-corrected chi connectivity index (χ2v) is 6.85. The Kier molecular flexibility index (Phi) is 10.1. The van der Waals surface area contributed by atoms with Gasteiger partial charge in [-0.05, 0) is 23.7 Å². The lowest BCUT2D eigenvalue weighted by atomic mass is 9.79. The SMILES string of the molecule is CCCCC(C)C(C)C(CNC(=O)C(N)C(C)C)CC(=O)O. The van der Waals surface area contributed by atoms with Gasteiger partial charge in [-0.25, -0.2) is 0 Å². The standard InChI is InChI=1S/C17H34N2O3/c1-6-7-8-12(4)13(5)14(9-15(20)21)10-19-17(22)16(18)11(2)3/h11-14,16H,6-10,18H2,1-5H3,(H,19,22)(H,20,21). The van der Waals surface area contributed by atoms with Crippen LogP contribution in [-0.2, 0) is 9.59 Å². The number of carboxylic acids is 1. The summed E-state index contributed by atoms with van der Waals surface area (Å²) in [4.78, 5) is 23.1. The van der Waals surface area contributed by atoms with E-state index in [9.17, 15) is 9.59 Å². The number of unbranched alkanes of at least 4 members (excludes halogenated alkanes) is 1. The van der Waals surface area contributed by atoms with Gasteiger partial charge >= 0.3 is 5.97 Å². The average Bonchev–Trinajstić information content (AvgIpc) is 2.46. The van der Waals surface area contributed by atoms with E-state index >= 15 is 0 Å². The summed E-state index contributed by atoms with van der Waals surface area (Å²) in [7, 11) is 0. The van der Waals surface area contributed by atoms with E-state index in [1.807, 2.05) is 13.8 Å². The summed E-state index contributed by atoms with van der Waals surface area (Å²) >= 11 is 0. The third-order valence-corrected chi connectivity index (χ3v) is 4.65. The number of rotatable bonds is 11. The quantitative estimate of drug-likeness (QED) is 0.546. The minimum Gasteiger partial charge on any atom is -0.481 e. The summed E-state index contributed by atoms with van der Waals surface area (Å²) in [6.07, 6.45) is 3.46. The molecule has 1 amide bonds. The predicted octanol–water partition coefficient (Wildman–Crippen LogP) is 2.64. The maximum absolute atomic E-state index is 12.0. The predicted molar refractivity (Wildman–Crippen MR) is 89.4 cm³/mol. The Bertz CT molecular complexity index is 345. The molecule has 0 aromatic rings. The first kappa shape index (κ1) is 20.9. The second kappa shape index (κ2) is 10.6. The van der Waals surface area contributed by atoms with Crippen molar-refractivity contribution in [3.63, 3.8) is 0 Å². The van der Waals surface area contributed by atoms with Crippen LogP contribution < -0.4 is 11.1 Å². The molecule has 130 valence electrons. The zero-order chi connectivity index (χ0) is 17.3. The fourth-order valence-corrected chi connectivity index (χ4v) is 2.57. The largest absolute Gasteiger partial charge is 0.481 e. The van der Waals surface area contributed by atoms with Crippen molar-refractivity contribution in [2.75, 3.05) is 6.54 Å². The third-order valence-electron chi connectivity index (χ3n) is 4.65. The number of carbonyl (C=O) groups is 2. The lowest BCUT2D eigenvalue weighted by Gasteiger charge is -2.29. The Morgan fingerprint density at radius 2 is 1.77 bits per heavy atom. The zero-order valence-electron chi connectivity index (χ0n) is 14.8. The van der Waals surface area contributed by atoms with Crippen LogP contribution in [0.15, 0.2) is 0 Å². The van der Waals surface area contributed by atoms with Gasteiger partial charge in [0.15, 0.2) is 0 Å². The molecule has 0 heterocycles. The van der Waals surface area contributed by atoms with E-state index < -0.39 is 12.0 Å². The molecular formula is C17H34N2O3. The van der Waals surface area contributed by atoms with Gasteiger partial charge in [-0.2, -0.15) is 0 Å². The molecule has 0 aliphatic rings. The van der Waals surface area contributed by atoms with Gasteiger partial charge in [-0.3, -0.25) is 9.59 Å². The van der Waals surface area contributed by atoms with E-state index in [0.29, 0.717) is 12.5 Å². The molecule has 5 nitrogen and oxygen atoms in total. The van der Waals surface area contributed by atoms with Gasteiger partial charge in [0, 0.05) is 6.54 Å². The van der Waals surface area contributed by atoms with Crippen LogP contribution in [0.5, 0.6) is 0 Å². The van der Waals surface area contributed by atoms with Crippen molar-refractivity contribution in [2.45, 2.75) is 66.3 Å². The number of hydrogen-bond donors (Lipinski definition) is 3. The topological polar surface area (TPSA) is 92.4 Å². The number of carbonyl (C=O) groups excluding carboxylic acids is 1. The third kappa shape index (κ3) is 7.78. The van der Waals surface area contributed by atoms with Gasteiger partial charge in [0.2, 0.25) is 5.91 Å². The summed E-state index contributed by atoms with van der Waals surface area (Å²) in [5.74, 6) is -0.314. The molecule has 5 heteroatoms. The molecule has 0 aromatic carbocycles. The van der Waals surface area contributed by atoms with E-state index in [-0.39, 0.29) is 30.1 Å². The van der Waals surface area contributed by atoms with Gasteiger partial charge in [0.25, 0.3) is 0 Å². The minimum absolute atomic E-state index is 0.0623. The average molecular weight is 314 g/mol. The van der Waals surface area contributed by atoms with Gasteiger partial charge in [-0.15, -0.1) is 0 Å². The lowest BCUT2D eigenvalue weighted by molar-refractivity contribution is -0.139. The van der Waals surface area contributed by atoms with Crippen molar-refractivity contribution in [1.82, 2.24) is 5.32 Å². The van der Waals surface area contributed by atoms with Crippen LogP contribution in [0, 0.1) is 23.7 Å². The van der Waals surface area contributed by atoms with Crippen LogP contribution in [0.25, 0.3) is 0 Å². The molecule has 0 radical (unpaired) electrons. The Morgan fingerprint density at radius 3 is 2.23 bits per heavy atom. The highest BCUT2D eigenvalue weighted by Crippen LogP contribution is 2.27. The summed E-state index contributed by atoms with van der Waals surface area (Å²) in [5.41, 5.74) is 5.82. The molecular weight excluding hydrogens is 280 g/mol. The van der Waals surface area contributed by atoms with Crippen LogP contribution in [0.4, 0.5) is 0 Å². The lowest BCUT2D eigenvalue weighted by Crippen LogP contribution is -2.46. The number of nitrogens with two attached hydrogens (primary N) is 1. The Hall–Kier alpha value is -1.10. The fourth-order valence-electron chi connectivity index (χ4n) is 2.57. The number of nitrogens with one attached hydrogen (secondary N) is 1. The van der Waals surface area contributed by atoms with Gasteiger partial charge in [0.05, 0.1) is 12.5 Å². The van der Waals surface area contributed by atoms with Crippen molar-refractivity contribution >= 4 is 11.9 Å². The normalized spacial score (nSPS) is 16.9. The highest BCUT2D eigenvalue weighted by Gasteiger charge is 2.26. The highest BCUT2D eigenvalue weighted by molar-refractivity contribution is 5.81.